The van der Waals surface area contributed by atoms with Crippen LogP contribution in [-0.4, -0.2) is 44.9 Å². The first-order valence-corrected chi connectivity index (χ1v) is 12.6. The number of piperidine rings is 1. The minimum absolute atomic E-state index is 0.141. The summed E-state index contributed by atoms with van der Waals surface area (Å²) in [4.78, 5) is 13.2. The highest BCUT2D eigenvalue weighted by atomic mass is 32.2. The lowest BCUT2D eigenvalue weighted by Gasteiger charge is -2.32. The van der Waals surface area contributed by atoms with E-state index in [1.165, 1.54) is 4.31 Å². The maximum absolute atomic E-state index is 13.0. The Bertz CT molecular complexity index is 1010. The number of hydrogen-bond acceptors (Lipinski definition) is 5. The van der Waals surface area contributed by atoms with Gasteiger partial charge in [0.1, 0.15) is 0 Å². The van der Waals surface area contributed by atoms with E-state index in [2.05, 4.69) is 5.32 Å². The van der Waals surface area contributed by atoms with Crippen LogP contribution in [0.25, 0.3) is 0 Å². The molecule has 0 unspecified atom stereocenters. The van der Waals surface area contributed by atoms with Crippen LogP contribution in [0.2, 0.25) is 0 Å². The van der Waals surface area contributed by atoms with E-state index >= 15 is 0 Å². The minimum atomic E-state index is -3.61. The van der Waals surface area contributed by atoms with Gasteiger partial charge in [0.2, 0.25) is 15.9 Å². The molecule has 8 heteroatoms. The Hall–Kier alpha value is -2.58. The van der Waals surface area contributed by atoms with Crippen molar-refractivity contribution in [2.45, 2.75) is 44.6 Å². The van der Waals surface area contributed by atoms with Crippen molar-refractivity contribution in [2.75, 3.05) is 26.3 Å². The molecule has 32 heavy (non-hydrogen) atoms. The van der Waals surface area contributed by atoms with Crippen LogP contribution in [0.3, 0.4) is 0 Å². The molecule has 174 valence electrons. The summed E-state index contributed by atoms with van der Waals surface area (Å²) in [7, 11) is -3.61. The number of sulfonamides is 1. The Morgan fingerprint density at radius 1 is 1.09 bits per heavy atom. The maximum Gasteiger partial charge on any atom is 0.243 e. The highest BCUT2D eigenvalue weighted by Gasteiger charge is 2.33. The first kappa shape index (κ1) is 24.1. The van der Waals surface area contributed by atoms with E-state index in [9.17, 15) is 13.2 Å². The van der Waals surface area contributed by atoms with Crippen LogP contribution < -0.4 is 14.8 Å². The molecule has 1 fully saturated rings. The average Bonchev–Trinajstić information content (AvgIpc) is 2.81. The third-order valence-electron chi connectivity index (χ3n) is 5.56. The molecule has 1 aliphatic heterocycles. The number of hydrogen-bond donors (Lipinski definition) is 1. The Kier molecular flexibility index (Phi) is 8.15. The van der Waals surface area contributed by atoms with Gasteiger partial charge in [0.05, 0.1) is 30.1 Å². The molecular weight excluding hydrogens is 428 g/mol. The Morgan fingerprint density at radius 3 is 2.47 bits per heavy atom. The second-order valence-electron chi connectivity index (χ2n) is 7.82. The van der Waals surface area contributed by atoms with Gasteiger partial charge in [0.25, 0.3) is 0 Å². The standard InChI is InChI=1S/C24H32N2O5S/c1-4-30-22-14-13-19(16-23(22)31-5-2)18(3)25-24(27)20-10-9-15-26(17-20)32(28,29)21-11-7-6-8-12-21/h6-8,11-14,16,18,20H,4-5,9-10,15,17H2,1-3H3,(H,25,27)/t18-,20+/m0/s1. The largest absolute Gasteiger partial charge is 0.490 e. The molecule has 0 aliphatic carbocycles. The molecular formula is C24H32N2O5S. The van der Waals surface area contributed by atoms with E-state index in [0.29, 0.717) is 44.1 Å². The zero-order chi connectivity index (χ0) is 23.1. The summed E-state index contributed by atoms with van der Waals surface area (Å²) in [6, 6.07) is 13.8. The van der Waals surface area contributed by atoms with Crippen LogP contribution in [-0.2, 0) is 14.8 Å². The highest BCUT2D eigenvalue weighted by molar-refractivity contribution is 7.89. The second kappa shape index (κ2) is 10.8. The van der Waals surface area contributed by atoms with Crippen LogP contribution in [0.5, 0.6) is 11.5 Å². The number of benzene rings is 2. The van der Waals surface area contributed by atoms with Gasteiger partial charge in [-0.1, -0.05) is 24.3 Å². The summed E-state index contributed by atoms with van der Waals surface area (Å²) in [5, 5.41) is 3.04. The zero-order valence-electron chi connectivity index (χ0n) is 18.9. The van der Waals surface area contributed by atoms with Crippen molar-refractivity contribution in [3.63, 3.8) is 0 Å². The predicted molar refractivity (Wildman–Crippen MR) is 123 cm³/mol. The lowest BCUT2D eigenvalue weighted by atomic mass is 9.98. The molecule has 0 radical (unpaired) electrons. The average molecular weight is 461 g/mol. The summed E-state index contributed by atoms with van der Waals surface area (Å²) >= 11 is 0. The number of rotatable bonds is 9. The Morgan fingerprint density at radius 2 is 1.78 bits per heavy atom. The van der Waals surface area contributed by atoms with Gasteiger partial charge in [-0.2, -0.15) is 4.31 Å². The zero-order valence-corrected chi connectivity index (χ0v) is 19.7. The molecule has 2 atom stereocenters. The monoisotopic (exact) mass is 460 g/mol. The number of amides is 1. The Labute approximate surface area is 190 Å². The molecule has 1 aliphatic rings. The van der Waals surface area contributed by atoms with Crippen LogP contribution in [0.15, 0.2) is 53.4 Å². The van der Waals surface area contributed by atoms with E-state index in [-0.39, 0.29) is 23.4 Å². The number of carbonyl (C=O) groups excluding carboxylic acids is 1. The van der Waals surface area contributed by atoms with E-state index < -0.39 is 15.9 Å². The second-order valence-corrected chi connectivity index (χ2v) is 9.76. The number of nitrogens with zero attached hydrogens (tertiary/aromatic N) is 1. The number of carbonyl (C=O) groups is 1. The van der Waals surface area contributed by atoms with Gasteiger partial charge >= 0.3 is 0 Å². The first-order valence-electron chi connectivity index (χ1n) is 11.1. The predicted octanol–water partition coefficient (Wildman–Crippen LogP) is 3.76. The fraction of sp³-hybridized carbons (Fsp3) is 0.458. The minimum Gasteiger partial charge on any atom is -0.490 e. The summed E-state index contributed by atoms with van der Waals surface area (Å²) in [6.45, 7) is 7.39. The van der Waals surface area contributed by atoms with Crippen LogP contribution in [0, 0.1) is 5.92 Å². The molecule has 2 aromatic carbocycles. The maximum atomic E-state index is 13.0. The van der Waals surface area contributed by atoms with Gasteiger partial charge in [-0.25, -0.2) is 8.42 Å². The third kappa shape index (κ3) is 5.61. The summed E-state index contributed by atoms with van der Waals surface area (Å²) in [5.41, 5.74) is 0.898. The van der Waals surface area contributed by atoms with E-state index in [4.69, 9.17) is 9.47 Å². The smallest absolute Gasteiger partial charge is 0.243 e. The molecule has 2 aromatic rings. The molecule has 1 saturated heterocycles. The summed E-state index contributed by atoms with van der Waals surface area (Å²) < 4.78 is 38.6. The molecule has 0 bridgehead atoms. The van der Waals surface area contributed by atoms with Crippen molar-refractivity contribution >= 4 is 15.9 Å². The number of nitrogens with one attached hydrogen (secondary N) is 1. The van der Waals surface area contributed by atoms with Gasteiger partial charge in [0, 0.05) is 13.1 Å². The molecule has 1 amide bonds. The van der Waals surface area contributed by atoms with Crippen molar-refractivity contribution in [2.24, 2.45) is 5.92 Å². The van der Waals surface area contributed by atoms with Crippen molar-refractivity contribution < 1.29 is 22.7 Å². The third-order valence-corrected chi connectivity index (χ3v) is 7.44. The summed E-state index contributed by atoms with van der Waals surface area (Å²) in [6.07, 6.45) is 1.31. The van der Waals surface area contributed by atoms with Gasteiger partial charge in [0.15, 0.2) is 11.5 Å². The fourth-order valence-electron chi connectivity index (χ4n) is 3.87. The van der Waals surface area contributed by atoms with Crippen molar-refractivity contribution in [3.8, 4) is 11.5 Å². The van der Waals surface area contributed by atoms with Gasteiger partial charge in [-0.15, -0.1) is 0 Å². The lowest BCUT2D eigenvalue weighted by molar-refractivity contribution is -0.126. The molecule has 3 rings (SSSR count). The molecule has 0 saturated carbocycles. The summed E-state index contributed by atoms with van der Waals surface area (Å²) in [5.74, 6) is 0.785. The molecule has 1 N–H and O–H groups in total. The topological polar surface area (TPSA) is 84.9 Å². The quantitative estimate of drug-likeness (QED) is 0.616. The first-order chi connectivity index (χ1) is 15.4. The number of ether oxygens (including phenoxy) is 2. The molecule has 1 heterocycles. The van der Waals surface area contributed by atoms with E-state index in [1.54, 1.807) is 30.3 Å². The SMILES string of the molecule is CCOc1ccc([C@H](C)NC(=O)[C@@H]2CCCN(S(=O)(=O)c3ccccc3)C2)cc1OCC. The van der Waals surface area contributed by atoms with Crippen LogP contribution >= 0.6 is 0 Å². The fourth-order valence-corrected chi connectivity index (χ4v) is 5.41. The van der Waals surface area contributed by atoms with Crippen LogP contribution in [0.1, 0.15) is 45.2 Å². The lowest BCUT2D eigenvalue weighted by Crippen LogP contribution is -2.45. The Balaban J connectivity index is 1.68. The van der Waals surface area contributed by atoms with Crippen molar-refractivity contribution in [1.29, 1.82) is 0 Å². The van der Waals surface area contributed by atoms with Crippen molar-refractivity contribution in [1.82, 2.24) is 9.62 Å². The van der Waals surface area contributed by atoms with Gasteiger partial charge < -0.3 is 14.8 Å². The van der Waals surface area contributed by atoms with E-state index in [0.717, 1.165) is 5.56 Å². The molecule has 7 nitrogen and oxygen atoms in total. The van der Waals surface area contributed by atoms with Gasteiger partial charge in [-0.3, -0.25) is 4.79 Å². The van der Waals surface area contributed by atoms with E-state index in [1.807, 2.05) is 39.0 Å². The highest BCUT2D eigenvalue weighted by Crippen LogP contribution is 2.31. The normalized spacial score (nSPS) is 18.0. The molecule has 0 aromatic heterocycles. The van der Waals surface area contributed by atoms with Crippen LogP contribution in [0.4, 0.5) is 0 Å². The van der Waals surface area contributed by atoms with Gasteiger partial charge in [-0.05, 0) is 63.4 Å². The van der Waals surface area contributed by atoms with Crippen molar-refractivity contribution in [3.05, 3.63) is 54.1 Å². The molecule has 0 spiro atoms.